The number of thiophene rings is 1. The van der Waals surface area contributed by atoms with Gasteiger partial charge >= 0.3 is 0 Å². The molecule has 1 heterocycles. The first-order valence-corrected chi connectivity index (χ1v) is 5.48. The van der Waals surface area contributed by atoms with E-state index in [9.17, 15) is 8.42 Å². The number of ether oxygens (including phenoxy) is 1. The molecule has 0 aliphatic rings. The van der Waals surface area contributed by atoms with Crippen LogP contribution in [0.15, 0.2) is 10.3 Å². The Morgan fingerprint density at radius 1 is 1.58 bits per heavy atom. The van der Waals surface area contributed by atoms with E-state index >= 15 is 0 Å². The van der Waals surface area contributed by atoms with Crippen LogP contribution in [0.4, 0.5) is 0 Å². The van der Waals surface area contributed by atoms with E-state index in [4.69, 9.17) is 9.88 Å². The zero-order valence-electron chi connectivity index (χ0n) is 6.70. The van der Waals surface area contributed by atoms with Gasteiger partial charge in [0.15, 0.2) is 5.06 Å². The summed E-state index contributed by atoms with van der Waals surface area (Å²) in [6.45, 7) is 1.77. The van der Waals surface area contributed by atoms with E-state index in [0.29, 0.717) is 5.06 Å². The van der Waals surface area contributed by atoms with E-state index in [1.54, 1.807) is 6.92 Å². The van der Waals surface area contributed by atoms with Crippen LogP contribution in [-0.2, 0) is 10.0 Å². The Labute approximate surface area is 75.0 Å². The highest BCUT2D eigenvalue weighted by Gasteiger charge is 2.14. The fourth-order valence-electron chi connectivity index (χ4n) is 0.780. The number of rotatable bonds is 2. The van der Waals surface area contributed by atoms with E-state index in [-0.39, 0.29) is 4.21 Å². The van der Waals surface area contributed by atoms with Crippen molar-refractivity contribution in [2.75, 3.05) is 7.11 Å². The lowest BCUT2D eigenvalue weighted by atomic mass is 10.4. The van der Waals surface area contributed by atoms with Gasteiger partial charge in [0.25, 0.3) is 0 Å². The minimum absolute atomic E-state index is 0.136. The van der Waals surface area contributed by atoms with Gasteiger partial charge in [0.05, 0.1) is 7.11 Å². The summed E-state index contributed by atoms with van der Waals surface area (Å²) in [6.07, 6.45) is 0. The van der Waals surface area contributed by atoms with E-state index in [0.717, 1.165) is 16.9 Å². The molecule has 0 atom stereocenters. The average molecular weight is 207 g/mol. The third kappa shape index (κ3) is 1.77. The molecule has 0 saturated heterocycles. The molecule has 0 fully saturated rings. The molecule has 0 aliphatic carbocycles. The lowest BCUT2D eigenvalue weighted by Gasteiger charge is -1.92. The molecule has 68 valence electrons. The van der Waals surface area contributed by atoms with E-state index < -0.39 is 10.0 Å². The normalized spacial score (nSPS) is 11.6. The fraction of sp³-hybridized carbons (Fsp3) is 0.333. The summed E-state index contributed by atoms with van der Waals surface area (Å²) in [6, 6.07) is 1.50. The highest BCUT2D eigenvalue weighted by atomic mass is 32.2. The predicted octanol–water partition coefficient (Wildman–Crippen LogP) is 0.713. The van der Waals surface area contributed by atoms with Crippen LogP contribution in [0.5, 0.6) is 5.06 Å². The number of nitrogens with two attached hydrogens (primary N) is 1. The van der Waals surface area contributed by atoms with Crippen molar-refractivity contribution in [3.63, 3.8) is 0 Å². The smallest absolute Gasteiger partial charge is 0.247 e. The molecule has 0 unspecified atom stereocenters. The van der Waals surface area contributed by atoms with Crippen LogP contribution in [0.3, 0.4) is 0 Å². The Balaban J connectivity index is 3.23. The summed E-state index contributed by atoms with van der Waals surface area (Å²) < 4.78 is 26.7. The maximum atomic E-state index is 10.8. The van der Waals surface area contributed by atoms with Gasteiger partial charge in [-0.3, -0.25) is 0 Å². The van der Waals surface area contributed by atoms with E-state index in [1.165, 1.54) is 13.2 Å². The second-order valence-electron chi connectivity index (χ2n) is 2.29. The highest BCUT2D eigenvalue weighted by Crippen LogP contribution is 2.31. The molecular formula is C6H9NO3S2. The van der Waals surface area contributed by atoms with Crippen molar-refractivity contribution in [3.8, 4) is 5.06 Å². The molecule has 0 amide bonds. The summed E-state index contributed by atoms with van der Waals surface area (Å²) in [5.41, 5.74) is 0.784. The molecule has 1 aromatic heterocycles. The first-order chi connectivity index (χ1) is 5.45. The van der Waals surface area contributed by atoms with Gasteiger partial charge in [-0.05, 0) is 13.0 Å². The van der Waals surface area contributed by atoms with Crippen molar-refractivity contribution in [2.24, 2.45) is 5.14 Å². The minimum atomic E-state index is -3.58. The number of hydrogen-bond donors (Lipinski definition) is 1. The second kappa shape index (κ2) is 3.04. The predicted molar refractivity (Wildman–Crippen MR) is 47.0 cm³/mol. The van der Waals surface area contributed by atoms with Crippen molar-refractivity contribution in [1.82, 2.24) is 0 Å². The van der Waals surface area contributed by atoms with E-state index in [2.05, 4.69) is 0 Å². The van der Waals surface area contributed by atoms with Crippen LogP contribution in [0.2, 0.25) is 0 Å². The van der Waals surface area contributed by atoms with Crippen molar-refractivity contribution in [2.45, 2.75) is 11.1 Å². The lowest BCUT2D eigenvalue weighted by Crippen LogP contribution is -2.09. The number of sulfonamides is 1. The number of primary sulfonamides is 1. The van der Waals surface area contributed by atoms with Gasteiger partial charge < -0.3 is 4.74 Å². The topological polar surface area (TPSA) is 69.4 Å². The molecule has 1 aromatic rings. The summed E-state index contributed by atoms with van der Waals surface area (Å²) in [5, 5.41) is 5.50. The maximum absolute atomic E-state index is 10.8. The highest BCUT2D eigenvalue weighted by molar-refractivity contribution is 7.91. The second-order valence-corrected chi connectivity index (χ2v) is 5.09. The Morgan fingerprint density at radius 3 is 2.42 bits per heavy atom. The molecule has 0 aromatic carbocycles. The van der Waals surface area contributed by atoms with Crippen LogP contribution in [0.1, 0.15) is 5.56 Å². The van der Waals surface area contributed by atoms with Gasteiger partial charge in [-0.1, -0.05) is 11.3 Å². The molecular weight excluding hydrogens is 198 g/mol. The monoisotopic (exact) mass is 207 g/mol. The Kier molecular flexibility index (Phi) is 2.41. The van der Waals surface area contributed by atoms with Gasteiger partial charge in [-0.15, -0.1) is 0 Å². The summed E-state index contributed by atoms with van der Waals surface area (Å²) in [5.74, 6) is 0. The fourth-order valence-corrected chi connectivity index (χ4v) is 2.53. The molecule has 0 aliphatic heterocycles. The van der Waals surface area contributed by atoms with Gasteiger partial charge in [0, 0.05) is 5.56 Å². The molecule has 0 radical (unpaired) electrons. The Bertz CT molecular complexity index is 379. The quantitative estimate of drug-likeness (QED) is 0.776. The van der Waals surface area contributed by atoms with Crippen LogP contribution in [-0.4, -0.2) is 15.5 Å². The number of aryl methyl sites for hydroxylation is 1. The molecule has 0 saturated carbocycles. The zero-order chi connectivity index (χ0) is 9.35. The third-order valence-electron chi connectivity index (χ3n) is 1.32. The van der Waals surface area contributed by atoms with Crippen molar-refractivity contribution < 1.29 is 13.2 Å². The van der Waals surface area contributed by atoms with Crippen molar-refractivity contribution in [3.05, 3.63) is 11.6 Å². The first-order valence-electron chi connectivity index (χ1n) is 3.12. The van der Waals surface area contributed by atoms with Gasteiger partial charge in [-0.2, -0.15) is 0 Å². The van der Waals surface area contributed by atoms with Crippen LogP contribution in [0, 0.1) is 6.92 Å². The summed E-state index contributed by atoms with van der Waals surface area (Å²) in [4.78, 5) is 0. The first kappa shape index (κ1) is 9.50. The molecule has 12 heavy (non-hydrogen) atoms. The lowest BCUT2D eigenvalue weighted by molar-refractivity contribution is 0.424. The van der Waals surface area contributed by atoms with Crippen molar-refractivity contribution >= 4 is 21.4 Å². The molecule has 0 spiro atoms. The van der Waals surface area contributed by atoms with Crippen LogP contribution >= 0.6 is 11.3 Å². The minimum Gasteiger partial charge on any atom is -0.487 e. The van der Waals surface area contributed by atoms with Crippen molar-refractivity contribution in [1.29, 1.82) is 0 Å². The van der Waals surface area contributed by atoms with Crippen LogP contribution < -0.4 is 9.88 Å². The van der Waals surface area contributed by atoms with Gasteiger partial charge in [0.2, 0.25) is 10.0 Å². The number of methoxy groups -OCH3 is 1. The SMILES string of the molecule is COc1sc(S(N)(=O)=O)cc1C. The summed E-state index contributed by atoms with van der Waals surface area (Å²) >= 11 is 1.03. The van der Waals surface area contributed by atoms with E-state index in [1.807, 2.05) is 0 Å². The average Bonchev–Trinajstić information content (AvgIpc) is 2.29. The zero-order valence-corrected chi connectivity index (χ0v) is 8.33. The Hall–Kier alpha value is -0.590. The van der Waals surface area contributed by atoms with Crippen LogP contribution in [0.25, 0.3) is 0 Å². The van der Waals surface area contributed by atoms with Gasteiger partial charge in [0.1, 0.15) is 4.21 Å². The molecule has 4 nitrogen and oxygen atoms in total. The molecule has 6 heteroatoms. The van der Waals surface area contributed by atoms with Gasteiger partial charge in [-0.25, -0.2) is 13.6 Å². The molecule has 2 N–H and O–H groups in total. The maximum Gasteiger partial charge on any atom is 0.247 e. The standard InChI is InChI=1S/C6H9NO3S2/c1-4-3-5(12(7,8)9)11-6(4)10-2/h3H,1-2H3,(H2,7,8,9). The number of hydrogen-bond acceptors (Lipinski definition) is 4. The third-order valence-corrected chi connectivity index (χ3v) is 3.93. The molecule has 0 bridgehead atoms. The summed E-state index contributed by atoms with van der Waals surface area (Å²) in [7, 11) is -2.08. The molecule has 1 rings (SSSR count). The largest absolute Gasteiger partial charge is 0.487 e. The Morgan fingerprint density at radius 2 is 2.17 bits per heavy atom.